The van der Waals surface area contributed by atoms with Crippen LogP contribution < -0.4 is 10.1 Å². The van der Waals surface area contributed by atoms with Gasteiger partial charge >= 0.3 is 5.69 Å². The van der Waals surface area contributed by atoms with Gasteiger partial charge in [0.05, 0.1) is 11.5 Å². The summed E-state index contributed by atoms with van der Waals surface area (Å²) in [5.74, 6) is -0.0729. The van der Waals surface area contributed by atoms with Gasteiger partial charge in [0, 0.05) is 18.2 Å². The molecule has 0 aliphatic rings. The van der Waals surface area contributed by atoms with Crippen LogP contribution in [0.1, 0.15) is 21.5 Å². The molecule has 0 saturated heterocycles. The number of ketones is 1. The van der Waals surface area contributed by atoms with Crippen molar-refractivity contribution in [2.24, 2.45) is 0 Å². The molecule has 6 nitrogen and oxygen atoms in total. The second-order valence-electron chi connectivity index (χ2n) is 6.23. The zero-order valence-corrected chi connectivity index (χ0v) is 15.2. The maximum absolute atomic E-state index is 12.4. The summed E-state index contributed by atoms with van der Waals surface area (Å²) >= 11 is 0. The molecule has 0 amide bonds. The molecule has 0 aliphatic carbocycles. The summed E-state index contributed by atoms with van der Waals surface area (Å²) < 4.78 is 5.59. The van der Waals surface area contributed by atoms with E-state index < -0.39 is 4.92 Å². The SMILES string of the molecule is O=C(CNCc1ccccc1)c1ccc(OCc2ccccc2)c([N+](=O)[O-])c1. The summed E-state index contributed by atoms with van der Waals surface area (Å²) in [4.78, 5) is 23.2. The highest BCUT2D eigenvalue weighted by Crippen LogP contribution is 2.29. The van der Waals surface area contributed by atoms with Crippen molar-refractivity contribution >= 4 is 11.5 Å². The van der Waals surface area contributed by atoms with Crippen LogP contribution in [-0.2, 0) is 13.2 Å². The van der Waals surface area contributed by atoms with E-state index in [-0.39, 0.29) is 35.9 Å². The second-order valence-corrected chi connectivity index (χ2v) is 6.23. The van der Waals surface area contributed by atoms with E-state index in [0.29, 0.717) is 6.54 Å². The van der Waals surface area contributed by atoms with Crippen LogP contribution in [0.5, 0.6) is 5.75 Å². The Bertz CT molecular complexity index is 943. The lowest BCUT2D eigenvalue weighted by Crippen LogP contribution is -2.22. The van der Waals surface area contributed by atoms with Crippen molar-refractivity contribution in [1.29, 1.82) is 0 Å². The predicted molar refractivity (Wildman–Crippen MR) is 106 cm³/mol. The number of hydrogen-bond donors (Lipinski definition) is 1. The lowest BCUT2D eigenvalue weighted by Gasteiger charge is -2.09. The Morgan fingerprint density at radius 2 is 1.57 bits per heavy atom. The van der Waals surface area contributed by atoms with Crippen molar-refractivity contribution in [1.82, 2.24) is 5.32 Å². The smallest absolute Gasteiger partial charge is 0.311 e. The Balaban J connectivity index is 1.64. The van der Waals surface area contributed by atoms with E-state index in [0.717, 1.165) is 11.1 Å². The van der Waals surface area contributed by atoms with Crippen molar-refractivity contribution in [3.05, 3.63) is 106 Å². The fourth-order valence-corrected chi connectivity index (χ4v) is 2.71. The fourth-order valence-electron chi connectivity index (χ4n) is 2.71. The van der Waals surface area contributed by atoms with E-state index >= 15 is 0 Å². The van der Waals surface area contributed by atoms with Crippen molar-refractivity contribution in [2.45, 2.75) is 13.2 Å². The zero-order valence-electron chi connectivity index (χ0n) is 15.2. The molecule has 0 unspecified atom stereocenters. The molecule has 3 rings (SSSR count). The highest BCUT2D eigenvalue weighted by atomic mass is 16.6. The van der Waals surface area contributed by atoms with Gasteiger partial charge < -0.3 is 10.1 Å². The van der Waals surface area contributed by atoms with E-state index in [1.165, 1.54) is 12.1 Å². The van der Waals surface area contributed by atoms with Crippen LogP contribution >= 0.6 is 0 Å². The lowest BCUT2D eigenvalue weighted by atomic mass is 10.1. The quantitative estimate of drug-likeness (QED) is 0.345. The third-order valence-electron chi connectivity index (χ3n) is 4.17. The molecule has 0 heterocycles. The average molecular weight is 376 g/mol. The first-order valence-corrected chi connectivity index (χ1v) is 8.86. The molecule has 0 spiro atoms. The maximum Gasteiger partial charge on any atom is 0.311 e. The number of nitrogens with one attached hydrogen (secondary N) is 1. The molecule has 1 N–H and O–H groups in total. The van der Waals surface area contributed by atoms with E-state index in [9.17, 15) is 14.9 Å². The second kappa shape index (κ2) is 9.43. The molecule has 3 aromatic rings. The molecule has 0 saturated carbocycles. The number of carbonyl (C=O) groups excluding carboxylic acids is 1. The van der Waals surface area contributed by atoms with Crippen LogP contribution in [0.15, 0.2) is 78.9 Å². The molecule has 0 bridgehead atoms. The lowest BCUT2D eigenvalue weighted by molar-refractivity contribution is -0.386. The molecule has 3 aromatic carbocycles. The van der Waals surface area contributed by atoms with E-state index in [2.05, 4.69) is 5.32 Å². The van der Waals surface area contributed by atoms with Gasteiger partial charge in [-0.05, 0) is 23.3 Å². The van der Waals surface area contributed by atoms with E-state index in [4.69, 9.17) is 4.74 Å². The topological polar surface area (TPSA) is 81.5 Å². The van der Waals surface area contributed by atoms with E-state index in [1.54, 1.807) is 6.07 Å². The van der Waals surface area contributed by atoms with Gasteiger partial charge in [0.1, 0.15) is 6.61 Å². The van der Waals surface area contributed by atoms with Gasteiger partial charge in [-0.15, -0.1) is 0 Å². The molecule has 6 heteroatoms. The van der Waals surface area contributed by atoms with Crippen LogP contribution in [0.4, 0.5) is 5.69 Å². The van der Waals surface area contributed by atoms with Crippen LogP contribution in [0.2, 0.25) is 0 Å². The van der Waals surface area contributed by atoms with Crippen molar-refractivity contribution in [3.63, 3.8) is 0 Å². The molecule has 0 atom stereocenters. The summed E-state index contributed by atoms with van der Waals surface area (Å²) in [6.45, 7) is 0.858. The van der Waals surface area contributed by atoms with Crippen molar-refractivity contribution in [3.8, 4) is 5.75 Å². The first kappa shape index (κ1) is 19.3. The van der Waals surface area contributed by atoms with Crippen molar-refractivity contribution < 1.29 is 14.5 Å². The maximum atomic E-state index is 12.4. The van der Waals surface area contributed by atoms with Gasteiger partial charge in [0.2, 0.25) is 0 Å². The number of nitro groups is 1. The number of hydrogen-bond acceptors (Lipinski definition) is 5. The summed E-state index contributed by atoms with van der Waals surface area (Å²) in [6.07, 6.45) is 0. The molecule has 0 aromatic heterocycles. The molecular weight excluding hydrogens is 356 g/mol. The highest BCUT2D eigenvalue weighted by molar-refractivity contribution is 5.98. The van der Waals surface area contributed by atoms with Crippen LogP contribution in [0.25, 0.3) is 0 Å². The zero-order chi connectivity index (χ0) is 19.8. The normalized spacial score (nSPS) is 10.4. The van der Waals surface area contributed by atoms with Gasteiger partial charge in [-0.25, -0.2) is 0 Å². The van der Waals surface area contributed by atoms with Gasteiger partial charge in [-0.2, -0.15) is 0 Å². The third-order valence-corrected chi connectivity index (χ3v) is 4.17. The standard InChI is InChI=1S/C22H20N2O4/c25-21(15-23-14-17-7-3-1-4-8-17)19-11-12-22(20(13-19)24(26)27)28-16-18-9-5-2-6-10-18/h1-13,23H,14-16H2. The summed E-state index contributed by atoms with van der Waals surface area (Å²) in [5, 5.41) is 14.5. The number of benzene rings is 3. The Morgan fingerprint density at radius 3 is 2.21 bits per heavy atom. The molecular formula is C22H20N2O4. The minimum absolute atomic E-state index is 0.0935. The molecule has 0 fully saturated rings. The van der Waals surface area contributed by atoms with Gasteiger partial charge in [-0.3, -0.25) is 14.9 Å². The van der Waals surface area contributed by atoms with Gasteiger partial charge in [-0.1, -0.05) is 60.7 Å². The summed E-state index contributed by atoms with van der Waals surface area (Å²) in [5.41, 5.74) is 2.03. The number of Topliss-reactive ketones (excluding diaryl/α,β-unsaturated/α-hetero) is 1. The van der Waals surface area contributed by atoms with Gasteiger partial charge in [0.15, 0.2) is 11.5 Å². The minimum atomic E-state index is -0.533. The Hall–Kier alpha value is -3.51. The molecule has 142 valence electrons. The van der Waals surface area contributed by atoms with Crippen LogP contribution in [0.3, 0.4) is 0 Å². The summed E-state index contributed by atoms with van der Waals surface area (Å²) in [7, 11) is 0. The van der Waals surface area contributed by atoms with Crippen LogP contribution in [0, 0.1) is 10.1 Å². The highest BCUT2D eigenvalue weighted by Gasteiger charge is 2.19. The van der Waals surface area contributed by atoms with E-state index in [1.807, 2.05) is 60.7 Å². The Morgan fingerprint density at radius 1 is 0.929 bits per heavy atom. The van der Waals surface area contributed by atoms with Crippen molar-refractivity contribution in [2.75, 3.05) is 6.54 Å². The molecule has 28 heavy (non-hydrogen) atoms. The van der Waals surface area contributed by atoms with Crippen LogP contribution in [-0.4, -0.2) is 17.3 Å². The number of nitrogens with zero attached hydrogens (tertiary/aromatic N) is 1. The average Bonchev–Trinajstić information content (AvgIpc) is 2.73. The Labute approximate surface area is 162 Å². The third kappa shape index (κ3) is 5.25. The number of rotatable bonds is 9. The first-order valence-electron chi connectivity index (χ1n) is 8.86. The fraction of sp³-hybridized carbons (Fsp3) is 0.136. The monoisotopic (exact) mass is 376 g/mol. The molecule has 0 aliphatic heterocycles. The molecule has 0 radical (unpaired) electrons. The number of carbonyl (C=O) groups is 1. The number of ether oxygens (including phenoxy) is 1. The largest absolute Gasteiger partial charge is 0.482 e. The predicted octanol–water partition coefficient (Wildman–Crippen LogP) is 4.15. The number of nitro benzene ring substituents is 1. The Kier molecular flexibility index (Phi) is 6.49. The first-order chi connectivity index (χ1) is 13.6. The minimum Gasteiger partial charge on any atom is -0.482 e. The van der Waals surface area contributed by atoms with Gasteiger partial charge in [0.25, 0.3) is 0 Å². The summed E-state index contributed by atoms with van der Waals surface area (Å²) in [6, 6.07) is 23.4.